The van der Waals surface area contributed by atoms with Crippen molar-refractivity contribution >= 4 is 11.6 Å². The summed E-state index contributed by atoms with van der Waals surface area (Å²) >= 11 is 0. The van der Waals surface area contributed by atoms with E-state index in [-0.39, 0.29) is 11.4 Å². The first kappa shape index (κ1) is 18.8. The van der Waals surface area contributed by atoms with Gasteiger partial charge in [-0.05, 0) is 12.1 Å². The quantitative estimate of drug-likeness (QED) is 0.381. The molecule has 1 aromatic rings. The monoisotopic (exact) mass is 373 g/mol. The van der Waals surface area contributed by atoms with Gasteiger partial charge in [0.2, 0.25) is 6.29 Å². The molecule has 11 nitrogen and oxygen atoms in total. The van der Waals surface area contributed by atoms with Crippen LogP contribution < -0.4 is 14.5 Å². The molecule has 0 aliphatic carbocycles. The molecule has 5 N–H and O–H groups in total. The maximum atomic E-state index is 12.2. The van der Waals surface area contributed by atoms with Gasteiger partial charge >= 0.3 is 5.91 Å². The first-order chi connectivity index (χ1) is 12.4. The lowest BCUT2D eigenvalue weighted by molar-refractivity contribution is -0.304. The standard InChI is InChI=1S/C15H19NO10/c1-23-6-2-3-7-8(4-6)24-14(22)13(21)16(7)26-15-12(20)11(19)10(18)9(5-17)25-15/h2-4,9-12,14-15,17-20,22H,5H2,1H3. The Bertz CT molecular complexity index is 668. The first-order valence-corrected chi connectivity index (χ1v) is 7.71. The van der Waals surface area contributed by atoms with Gasteiger partial charge in [-0.2, -0.15) is 5.06 Å². The van der Waals surface area contributed by atoms with Gasteiger partial charge < -0.3 is 39.7 Å². The smallest absolute Gasteiger partial charge is 0.320 e. The number of fused-ring (bicyclic) bond motifs is 1. The lowest BCUT2D eigenvalue weighted by Crippen LogP contribution is -2.61. The lowest BCUT2D eigenvalue weighted by atomic mass is 9.99. The van der Waals surface area contributed by atoms with Crippen molar-refractivity contribution in [1.82, 2.24) is 0 Å². The molecule has 144 valence electrons. The van der Waals surface area contributed by atoms with Gasteiger partial charge in [0.15, 0.2) is 5.75 Å². The molecule has 0 saturated carbocycles. The van der Waals surface area contributed by atoms with Crippen molar-refractivity contribution in [3.05, 3.63) is 18.2 Å². The molecule has 0 aromatic heterocycles. The summed E-state index contributed by atoms with van der Waals surface area (Å²) in [5, 5.41) is 49.3. The Balaban J connectivity index is 1.88. The van der Waals surface area contributed by atoms with Gasteiger partial charge in [0, 0.05) is 6.07 Å². The van der Waals surface area contributed by atoms with Crippen LogP contribution in [0, 0.1) is 0 Å². The van der Waals surface area contributed by atoms with E-state index in [9.17, 15) is 30.3 Å². The maximum Gasteiger partial charge on any atom is 0.320 e. The third-order valence-corrected chi connectivity index (χ3v) is 4.09. The van der Waals surface area contributed by atoms with Crippen LogP contribution in [0.15, 0.2) is 18.2 Å². The Kier molecular flexibility index (Phi) is 5.29. The van der Waals surface area contributed by atoms with Crippen molar-refractivity contribution in [2.45, 2.75) is 37.0 Å². The molecule has 26 heavy (non-hydrogen) atoms. The number of methoxy groups -OCH3 is 1. The number of benzene rings is 1. The fourth-order valence-electron chi connectivity index (χ4n) is 2.64. The summed E-state index contributed by atoms with van der Waals surface area (Å²) in [5.41, 5.74) is 0.0954. The van der Waals surface area contributed by atoms with E-state index in [0.29, 0.717) is 10.8 Å². The van der Waals surface area contributed by atoms with Crippen LogP contribution in [0.5, 0.6) is 11.5 Å². The molecule has 6 atom stereocenters. The van der Waals surface area contributed by atoms with Gasteiger partial charge in [-0.3, -0.25) is 4.79 Å². The number of aliphatic hydroxyl groups excluding tert-OH is 5. The van der Waals surface area contributed by atoms with E-state index in [1.165, 1.54) is 25.3 Å². The van der Waals surface area contributed by atoms with Crippen LogP contribution in [-0.2, 0) is 14.4 Å². The van der Waals surface area contributed by atoms with Crippen molar-refractivity contribution in [1.29, 1.82) is 0 Å². The Morgan fingerprint density at radius 1 is 1.15 bits per heavy atom. The SMILES string of the molecule is COc1ccc2c(c1)OC(O)C(=O)N2OC1OC(CO)C(O)C(O)C1O. The van der Waals surface area contributed by atoms with E-state index >= 15 is 0 Å². The summed E-state index contributed by atoms with van der Waals surface area (Å²) in [6.45, 7) is -0.654. The Hall–Kier alpha value is -1.99. The zero-order valence-corrected chi connectivity index (χ0v) is 13.6. The number of nitrogens with zero attached hydrogens (tertiary/aromatic N) is 1. The molecule has 1 amide bonds. The number of hydroxylamine groups is 1. The van der Waals surface area contributed by atoms with Crippen LogP contribution >= 0.6 is 0 Å². The summed E-state index contributed by atoms with van der Waals surface area (Å²) in [6.07, 6.45) is -9.66. The normalized spacial score (nSPS) is 34.2. The van der Waals surface area contributed by atoms with Gasteiger partial charge in [-0.25, -0.2) is 4.84 Å². The average molecular weight is 373 g/mol. The van der Waals surface area contributed by atoms with Crippen molar-refractivity contribution in [3.8, 4) is 11.5 Å². The molecule has 2 heterocycles. The van der Waals surface area contributed by atoms with E-state index < -0.39 is 49.5 Å². The van der Waals surface area contributed by atoms with Crippen LogP contribution in [0.25, 0.3) is 0 Å². The van der Waals surface area contributed by atoms with Gasteiger partial charge in [-0.1, -0.05) is 0 Å². The van der Waals surface area contributed by atoms with Crippen LogP contribution in [0.2, 0.25) is 0 Å². The highest BCUT2D eigenvalue weighted by Gasteiger charge is 2.47. The number of carbonyl (C=O) groups is 1. The van der Waals surface area contributed by atoms with E-state index in [1.54, 1.807) is 0 Å². The predicted molar refractivity (Wildman–Crippen MR) is 82.0 cm³/mol. The topological polar surface area (TPSA) is 158 Å². The molecule has 1 saturated heterocycles. The zero-order chi connectivity index (χ0) is 19.0. The molecular formula is C15H19NO10. The average Bonchev–Trinajstić information content (AvgIpc) is 2.64. The molecule has 6 unspecified atom stereocenters. The highest BCUT2D eigenvalue weighted by Crippen LogP contribution is 2.38. The summed E-state index contributed by atoms with van der Waals surface area (Å²) in [7, 11) is 1.42. The molecule has 0 radical (unpaired) electrons. The minimum Gasteiger partial charge on any atom is -0.497 e. The largest absolute Gasteiger partial charge is 0.497 e. The second-order valence-corrected chi connectivity index (χ2v) is 5.74. The maximum absolute atomic E-state index is 12.2. The number of anilines is 1. The minimum atomic E-state index is -1.88. The van der Waals surface area contributed by atoms with Crippen molar-refractivity contribution < 1.29 is 49.4 Å². The van der Waals surface area contributed by atoms with Gasteiger partial charge in [0.25, 0.3) is 6.29 Å². The van der Waals surface area contributed by atoms with Crippen LogP contribution in [0.4, 0.5) is 5.69 Å². The Labute approximate surface area is 147 Å². The number of aliphatic hydroxyl groups is 5. The molecule has 1 aromatic carbocycles. The summed E-state index contributed by atoms with van der Waals surface area (Å²) in [5.74, 6) is -0.529. The second-order valence-electron chi connectivity index (χ2n) is 5.74. The Morgan fingerprint density at radius 2 is 1.88 bits per heavy atom. The number of amides is 1. The number of ether oxygens (including phenoxy) is 3. The molecule has 11 heteroatoms. The van der Waals surface area contributed by atoms with Crippen molar-refractivity contribution in [3.63, 3.8) is 0 Å². The van der Waals surface area contributed by atoms with E-state index in [4.69, 9.17) is 19.0 Å². The fourth-order valence-corrected chi connectivity index (χ4v) is 2.64. The van der Waals surface area contributed by atoms with Gasteiger partial charge in [0.05, 0.1) is 13.7 Å². The zero-order valence-electron chi connectivity index (χ0n) is 13.6. The Morgan fingerprint density at radius 3 is 2.54 bits per heavy atom. The third-order valence-electron chi connectivity index (χ3n) is 4.09. The number of carbonyl (C=O) groups excluding carboxylic acids is 1. The summed E-state index contributed by atoms with van der Waals surface area (Å²) in [6, 6.07) is 4.34. The van der Waals surface area contributed by atoms with Gasteiger partial charge in [-0.15, -0.1) is 0 Å². The van der Waals surface area contributed by atoms with Crippen LogP contribution in [-0.4, -0.2) is 82.2 Å². The highest BCUT2D eigenvalue weighted by atomic mass is 16.8. The lowest BCUT2D eigenvalue weighted by Gasteiger charge is -2.41. The molecule has 3 rings (SSSR count). The molecule has 1 fully saturated rings. The number of hydrogen-bond donors (Lipinski definition) is 5. The van der Waals surface area contributed by atoms with E-state index in [2.05, 4.69) is 0 Å². The molecule has 0 bridgehead atoms. The number of rotatable bonds is 4. The summed E-state index contributed by atoms with van der Waals surface area (Å²) in [4.78, 5) is 17.5. The first-order valence-electron chi connectivity index (χ1n) is 7.71. The molecule has 2 aliphatic rings. The highest BCUT2D eigenvalue weighted by molar-refractivity contribution is 5.97. The molecule has 2 aliphatic heterocycles. The van der Waals surface area contributed by atoms with Gasteiger partial charge in [0.1, 0.15) is 35.9 Å². The van der Waals surface area contributed by atoms with E-state index in [0.717, 1.165) is 0 Å². The minimum absolute atomic E-state index is 0.0704. The second kappa shape index (κ2) is 7.32. The van der Waals surface area contributed by atoms with Crippen LogP contribution in [0.1, 0.15) is 0 Å². The van der Waals surface area contributed by atoms with Crippen molar-refractivity contribution in [2.24, 2.45) is 0 Å². The third kappa shape index (κ3) is 3.21. The van der Waals surface area contributed by atoms with Crippen LogP contribution in [0.3, 0.4) is 0 Å². The predicted octanol–water partition coefficient (Wildman–Crippen LogP) is -2.53. The number of hydrogen-bond acceptors (Lipinski definition) is 10. The van der Waals surface area contributed by atoms with Crippen molar-refractivity contribution in [2.75, 3.05) is 18.8 Å². The summed E-state index contributed by atoms with van der Waals surface area (Å²) < 4.78 is 15.3. The fraction of sp³-hybridized carbons (Fsp3) is 0.533. The van der Waals surface area contributed by atoms with E-state index in [1.807, 2.05) is 0 Å². The molecule has 0 spiro atoms. The molecular weight excluding hydrogens is 354 g/mol.